The predicted octanol–water partition coefficient (Wildman–Crippen LogP) is 2.55. The lowest BCUT2D eigenvalue weighted by Crippen LogP contribution is -2.49. The van der Waals surface area contributed by atoms with Crippen molar-refractivity contribution in [1.29, 1.82) is 0 Å². The molecule has 0 saturated carbocycles. The summed E-state index contributed by atoms with van der Waals surface area (Å²) in [6.07, 6.45) is 2.58. The zero-order valence-corrected chi connectivity index (χ0v) is 15.3. The van der Waals surface area contributed by atoms with E-state index in [0.29, 0.717) is 25.1 Å². The van der Waals surface area contributed by atoms with Crippen LogP contribution in [-0.4, -0.2) is 42.0 Å². The van der Waals surface area contributed by atoms with E-state index in [1.807, 2.05) is 54.6 Å². The van der Waals surface area contributed by atoms with E-state index in [9.17, 15) is 9.59 Å². The van der Waals surface area contributed by atoms with Gasteiger partial charge in [-0.3, -0.25) is 9.59 Å². The van der Waals surface area contributed by atoms with E-state index in [1.165, 1.54) is 0 Å². The molecule has 0 bridgehead atoms. The van der Waals surface area contributed by atoms with E-state index in [-0.39, 0.29) is 17.9 Å². The highest BCUT2D eigenvalue weighted by Crippen LogP contribution is 2.26. The SMILES string of the molecule is O=C(NC[C@H]1CCCO1)[C@@H](Cc1ccccc1)N1Cc2ccccc2C1=O. The van der Waals surface area contributed by atoms with E-state index in [1.54, 1.807) is 4.90 Å². The summed E-state index contributed by atoms with van der Waals surface area (Å²) in [5.74, 6) is -0.186. The molecular weight excluding hydrogens is 340 g/mol. The lowest BCUT2D eigenvalue weighted by molar-refractivity contribution is -0.126. The molecule has 5 nitrogen and oxygen atoms in total. The highest BCUT2D eigenvalue weighted by Gasteiger charge is 2.36. The normalized spacial score (nSPS) is 19.8. The van der Waals surface area contributed by atoms with Crippen molar-refractivity contribution in [2.24, 2.45) is 0 Å². The number of carbonyl (C=O) groups is 2. The van der Waals surface area contributed by atoms with Gasteiger partial charge in [-0.1, -0.05) is 48.5 Å². The first-order valence-corrected chi connectivity index (χ1v) is 9.54. The molecular formula is C22H24N2O3. The second kappa shape index (κ2) is 7.92. The average Bonchev–Trinajstić information content (AvgIpc) is 3.33. The van der Waals surface area contributed by atoms with Crippen molar-refractivity contribution >= 4 is 11.8 Å². The third-order valence-electron chi connectivity index (χ3n) is 5.33. The fourth-order valence-electron chi connectivity index (χ4n) is 3.85. The van der Waals surface area contributed by atoms with E-state index < -0.39 is 6.04 Å². The van der Waals surface area contributed by atoms with Gasteiger partial charge in [-0.2, -0.15) is 0 Å². The zero-order chi connectivity index (χ0) is 18.6. The van der Waals surface area contributed by atoms with Gasteiger partial charge in [0, 0.05) is 31.7 Å². The van der Waals surface area contributed by atoms with Crippen LogP contribution < -0.4 is 5.32 Å². The fourth-order valence-corrected chi connectivity index (χ4v) is 3.85. The molecule has 1 N–H and O–H groups in total. The van der Waals surface area contributed by atoms with Crippen LogP contribution >= 0.6 is 0 Å². The van der Waals surface area contributed by atoms with Crippen molar-refractivity contribution in [1.82, 2.24) is 10.2 Å². The van der Waals surface area contributed by atoms with Crippen LogP contribution in [0.2, 0.25) is 0 Å². The Morgan fingerprint density at radius 2 is 1.93 bits per heavy atom. The molecule has 0 aliphatic carbocycles. The largest absolute Gasteiger partial charge is 0.376 e. The summed E-state index contributed by atoms with van der Waals surface area (Å²) in [6, 6.07) is 16.9. The van der Waals surface area contributed by atoms with Crippen molar-refractivity contribution in [3.05, 3.63) is 71.3 Å². The standard InChI is InChI=1S/C22H24N2O3/c25-21(23-14-18-10-6-12-27-18)20(13-16-7-2-1-3-8-16)24-15-17-9-4-5-11-19(17)22(24)26/h1-5,7-9,11,18,20H,6,10,12-15H2,(H,23,25)/t18-,20-/m1/s1. The van der Waals surface area contributed by atoms with Crippen LogP contribution in [0.5, 0.6) is 0 Å². The van der Waals surface area contributed by atoms with E-state index in [4.69, 9.17) is 4.74 Å². The fraction of sp³-hybridized carbons (Fsp3) is 0.364. The van der Waals surface area contributed by atoms with Crippen LogP contribution in [0, 0.1) is 0 Å². The maximum absolute atomic E-state index is 13.0. The van der Waals surface area contributed by atoms with Crippen molar-refractivity contribution in [2.75, 3.05) is 13.2 Å². The molecule has 140 valence electrons. The highest BCUT2D eigenvalue weighted by atomic mass is 16.5. The molecule has 1 fully saturated rings. The third-order valence-corrected chi connectivity index (χ3v) is 5.33. The smallest absolute Gasteiger partial charge is 0.255 e. The topological polar surface area (TPSA) is 58.6 Å². The van der Waals surface area contributed by atoms with Gasteiger partial charge < -0.3 is 15.0 Å². The van der Waals surface area contributed by atoms with Gasteiger partial charge in [-0.25, -0.2) is 0 Å². The molecule has 2 atom stereocenters. The molecule has 0 aromatic heterocycles. The maximum atomic E-state index is 13.0. The number of rotatable bonds is 6. The molecule has 2 aliphatic heterocycles. The number of benzene rings is 2. The minimum Gasteiger partial charge on any atom is -0.376 e. The minimum atomic E-state index is -0.534. The lowest BCUT2D eigenvalue weighted by atomic mass is 10.0. The van der Waals surface area contributed by atoms with Crippen LogP contribution in [0.4, 0.5) is 0 Å². The molecule has 2 amide bonds. The number of hydrogen-bond donors (Lipinski definition) is 1. The summed E-state index contributed by atoms with van der Waals surface area (Å²) in [5.41, 5.74) is 2.72. The highest BCUT2D eigenvalue weighted by molar-refractivity contribution is 6.01. The van der Waals surface area contributed by atoms with Gasteiger partial charge in [0.05, 0.1) is 6.10 Å². The van der Waals surface area contributed by atoms with E-state index in [2.05, 4.69) is 5.32 Å². The maximum Gasteiger partial charge on any atom is 0.255 e. The second-order valence-corrected chi connectivity index (χ2v) is 7.18. The molecule has 2 aromatic carbocycles. The first-order valence-electron chi connectivity index (χ1n) is 9.54. The summed E-state index contributed by atoms with van der Waals surface area (Å²) in [7, 11) is 0. The Morgan fingerprint density at radius 3 is 2.67 bits per heavy atom. The van der Waals surface area contributed by atoms with Gasteiger partial charge >= 0.3 is 0 Å². The van der Waals surface area contributed by atoms with Gasteiger partial charge in [-0.15, -0.1) is 0 Å². The van der Waals surface area contributed by atoms with Crippen molar-refractivity contribution < 1.29 is 14.3 Å². The first-order chi connectivity index (χ1) is 13.2. The Morgan fingerprint density at radius 1 is 1.15 bits per heavy atom. The van der Waals surface area contributed by atoms with Gasteiger partial charge in [0.15, 0.2) is 0 Å². The Balaban J connectivity index is 1.52. The van der Waals surface area contributed by atoms with Gasteiger partial charge in [0.1, 0.15) is 6.04 Å². The summed E-state index contributed by atoms with van der Waals surface area (Å²) in [4.78, 5) is 27.6. The van der Waals surface area contributed by atoms with Crippen molar-refractivity contribution in [3.8, 4) is 0 Å². The average molecular weight is 364 g/mol. The zero-order valence-electron chi connectivity index (χ0n) is 15.3. The molecule has 0 unspecified atom stereocenters. The number of ether oxygens (including phenoxy) is 1. The molecule has 27 heavy (non-hydrogen) atoms. The first kappa shape index (κ1) is 17.7. The monoisotopic (exact) mass is 364 g/mol. The molecule has 2 aliphatic rings. The lowest BCUT2D eigenvalue weighted by Gasteiger charge is -2.27. The Labute approximate surface area is 159 Å². The van der Waals surface area contributed by atoms with E-state index in [0.717, 1.165) is 30.6 Å². The summed E-state index contributed by atoms with van der Waals surface area (Å²) >= 11 is 0. The van der Waals surface area contributed by atoms with Crippen LogP contribution in [-0.2, 0) is 22.5 Å². The number of carbonyl (C=O) groups excluding carboxylic acids is 2. The number of hydrogen-bond acceptors (Lipinski definition) is 3. The number of nitrogens with zero attached hydrogens (tertiary/aromatic N) is 1. The number of fused-ring (bicyclic) bond motifs is 1. The Kier molecular flexibility index (Phi) is 5.21. The molecule has 4 rings (SSSR count). The van der Waals surface area contributed by atoms with Crippen LogP contribution in [0.1, 0.15) is 34.3 Å². The quantitative estimate of drug-likeness (QED) is 0.857. The van der Waals surface area contributed by atoms with Gasteiger partial charge in [0.25, 0.3) is 5.91 Å². The van der Waals surface area contributed by atoms with Gasteiger partial charge in [0.2, 0.25) is 5.91 Å². The van der Waals surface area contributed by atoms with Gasteiger partial charge in [-0.05, 0) is 30.0 Å². The summed E-state index contributed by atoms with van der Waals surface area (Å²) in [5, 5.41) is 3.01. The molecule has 5 heteroatoms. The molecule has 1 saturated heterocycles. The van der Waals surface area contributed by atoms with Crippen molar-refractivity contribution in [2.45, 2.75) is 38.0 Å². The minimum absolute atomic E-state index is 0.0706. The number of amides is 2. The Hall–Kier alpha value is -2.66. The predicted molar refractivity (Wildman–Crippen MR) is 102 cm³/mol. The van der Waals surface area contributed by atoms with E-state index >= 15 is 0 Å². The van der Waals surface area contributed by atoms with Crippen LogP contribution in [0.15, 0.2) is 54.6 Å². The van der Waals surface area contributed by atoms with Crippen LogP contribution in [0.25, 0.3) is 0 Å². The Bertz CT molecular complexity index is 815. The molecule has 0 radical (unpaired) electrons. The second-order valence-electron chi connectivity index (χ2n) is 7.18. The third kappa shape index (κ3) is 3.88. The van der Waals surface area contributed by atoms with Crippen LogP contribution in [0.3, 0.4) is 0 Å². The number of nitrogens with one attached hydrogen (secondary N) is 1. The summed E-state index contributed by atoms with van der Waals surface area (Å²) in [6.45, 7) is 1.73. The van der Waals surface area contributed by atoms with Crippen molar-refractivity contribution in [3.63, 3.8) is 0 Å². The molecule has 0 spiro atoms. The summed E-state index contributed by atoms with van der Waals surface area (Å²) < 4.78 is 5.60. The molecule has 2 aromatic rings. The molecule has 2 heterocycles.